The molecule has 20 heavy (non-hydrogen) atoms. The van der Waals surface area contributed by atoms with Gasteiger partial charge in [0.25, 0.3) is 0 Å². The van der Waals surface area contributed by atoms with Gasteiger partial charge in [-0.2, -0.15) is 0 Å². The van der Waals surface area contributed by atoms with Crippen molar-refractivity contribution in [2.75, 3.05) is 0 Å². The molecule has 108 valence electrons. The molecule has 1 aromatic heterocycles. The van der Waals surface area contributed by atoms with E-state index in [0.717, 1.165) is 11.0 Å². The number of aliphatic hydroxyl groups is 1. The molecule has 3 nitrogen and oxygen atoms in total. The topological polar surface area (TPSA) is 42.6 Å². The lowest BCUT2D eigenvalue weighted by Crippen LogP contribution is -2.43. The summed E-state index contributed by atoms with van der Waals surface area (Å²) in [5.74, 6) is 0.533. The smallest absolute Gasteiger partial charge is 0.153 e. The third-order valence-corrected chi connectivity index (χ3v) is 4.33. The summed E-state index contributed by atoms with van der Waals surface area (Å²) in [7, 11) is 0. The van der Waals surface area contributed by atoms with Gasteiger partial charge in [-0.25, -0.2) is 0 Å². The Balaban J connectivity index is 2.14. The van der Waals surface area contributed by atoms with Gasteiger partial charge in [-0.1, -0.05) is 11.6 Å². The van der Waals surface area contributed by atoms with Crippen LogP contribution in [-0.4, -0.2) is 16.3 Å². The van der Waals surface area contributed by atoms with E-state index >= 15 is 0 Å². The zero-order valence-electron chi connectivity index (χ0n) is 12.2. The van der Waals surface area contributed by atoms with Crippen molar-refractivity contribution >= 4 is 22.6 Å². The molecular weight excluding hydrogens is 276 g/mol. The Morgan fingerprint density at radius 1 is 1.15 bits per heavy atom. The molecule has 1 N–H and O–H groups in total. The second-order valence-electron chi connectivity index (χ2n) is 6.70. The van der Waals surface area contributed by atoms with E-state index in [1.165, 1.54) is 0 Å². The Hall–Kier alpha value is -1.03. The van der Waals surface area contributed by atoms with Gasteiger partial charge in [0, 0.05) is 16.8 Å². The minimum Gasteiger partial charge on any atom is -0.458 e. The van der Waals surface area contributed by atoms with Crippen LogP contribution in [0.3, 0.4) is 0 Å². The van der Waals surface area contributed by atoms with Gasteiger partial charge >= 0.3 is 0 Å². The Bertz CT molecular complexity index is 671. The van der Waals surface area contributed by atoms with Gasteiger partial charge in [0.2, 0.25) is 0 Å². The third kappa shape index (κ3) is 1.96. The fourth-order valence-electron chi connectivity index (χ4n) is 3.24. The van der Waals surface area contributed by atoms with Crippen LogP contribution in [0, 0.1) is 0 Å². The lowest BCUT2D eigenvalue weighted by molar-refractivity contribution is -0.136. The van der Waals surface area contributed by atoms with Crippen molar-refractivity contribution in [2.45, 2.75) is 50.9 Å². The highest BCUT2D eigenvalue weighted by Gasteiger charge is 2.59. The predicted octanol–water partition coefficient (Wildman–Crippen LogP) is 4.25. The standard InChI is InChI=1S/C16H19ClO3/c1-14(2)9-16(18,15(3,4)20-14)13-8-10-7-11(17)5-6-12(10)19-13/h5-8,18H,9H2,1-4H3. The molecule has 1 aliphatic rings. The lowest BCUT2D eigenvalue weighted by atomic mass is 9.80. The maximum Gasteiger partial charge on any atom is 0.153 e. The van der Waals surface area contributed by atoms with Crippen LogP contribution in [0.15, 0.2) is 28.7 Å². The maximum atomic E-state index is 11.1. The van der Waals surface area contributed by atoms with E-state index in [1.54, 1.807) is 6.07 Å². The monoisotopic (exact) mass is 294 g/mol. The number of benzene rings is 1. The molecule has 0 saturated carbocycles. The van der Waals surface area contributed by atoms with E-state index < -0.39 is 16.8 Å². The van der Waals surface area contributed by atoms with Crippen LogP contribution >= 0.6 is 11.6 Å². The van der Waals surface area contributed by atoms with Crippen LogP contribution in [0.1, 0.15) is 39.9 Å². The SMILES string of the molecule is CC1(C)CC(O)(c2cc3cc(Cl)ccc3o2)C(C)(C)O1. The van der Waals surface area contributed by atoms with Crippen molar-refractivity contribution in [2.24, 2.45) is 0 Å². The van der Waals surface area contributed by atoms with E-state index in [0.29, 0.717) is 17.2 Å². The number of hydrogen-bond acceptors (Lipinski definition) is 3. The maximum absolute atomic E-state index is 11.1. The van der Waals surface area contributed by atoms with Gasteiger partial charge in [0.15, 0.2) is 5.60 Å². The summed E-state index contributed by atoms with van der Waals surface area (Å²) in [4.78, 5) is 0. The number of halogens is 1. The minimum atomic E-state index is -1.15. The average molecular weight is 295 g/mol. The van der Waals surface area contributed by atoms with Crippen molar-refractivity contribution in [3.8, 4) is 0 Å². The fraction of sp³-hybridized carbons (Fsp3) is 0.500. The first-order valence-corrected chi connectivity index (χ1v) is 7.13. The van der Waals surface area contributed by atoms with Gasteiger partial charge in [-0.3, -0.25) is 0 Å². The molecule has 0 radical (unpaired) electrons. The van der Waals surface area contributed by atoms with E-state index in [4.69, 9.17) is 20.8 Å². The largest absolute Gasteiger partial charge is 0.458 e. The summed E-state index contributed by atoms with van der Waals surface area (Å²) in [5.41, 5.74) is -1.54. The normalized spacial score (nSPS) is 28.1. The first-order valence-electron chi connectivity index (χ1n) is 6.75. The van der Waals surface area contributed by atoms with Gasteiger partial charge in [0.1, 0.15) is 11.3 Å². The van der Waals surface area contributed by atoms with E-state index in [9.17, 15) is 5.11 Å². The molecule has 1 atom stereocenters. The zero-order valence-corrected chi connectivity index (χ0v) is 12.9. The molecular formula is C16H19ClO3. The summed E-state index contributed by atoms with van der Waals surface area (Å²) >= 11 is 5.99. The van der Waals surface area contributed by atoms with Crippen LogP contribution < -0.4 is 0 Å². The van der Waals surface area contributed by atoms with Crippen molar-refractivity contribution < 1.29 is 14.3 Å². The molecule has 4 heteroatoms. The molecule has 1 saturated heterocycles. The highest BCUT2D eigenvalue weighted by Crippen LogP contribution is 2.51. The summed E-state index contributed by atoms with van der Waals surface area (Å²) in [6, 6.07) is 7.29. The number of ether oxygens (including phenoxy) is 1. The average Bonchev–Trinajstić information content (AvgIpc) is 2.75. The molecule has 1 aliphatic heterocycles. The van der Waals surface area contributed by atoms with Crippen molar-refractivity contribution in [1.82, 2.24) is 0 Å². The number of fused-ring (bicyclic) bond motifs is 1. The molecule has 3 rings (SSSR count). The Morgan fingerprint density at radius 2 is 1.85 bits per heavy atom. The molecule has 1 fully saturated rings. The second kappa shape index (κ2) is 4.00. The summed E-state index contributed by atoms with van der Waals surface area (Å²) in [5, 5.41) is 12.7. The summed E-state index contributed by atoms with van der Waals surface area (Å²) < 4.78 is 11.8. The molecule has 2 aromatic rings. The lowest BCUT2D eigenvalue weighted by Gasteiger charge is -2.33. The van der Waals surface area contributed by atoms with Crippen LogP contribution in [0.25, 0.3) is 11.0 Å². The van der Waals surface area contributed by atoms with Crippen molar-refractivity contribution in [1.29, 1.82) is 0 Å². The quantitative estimate of drug-likeness (QED) is 0.855. The van der Waals surface area contributed by atoms with Crippen LogP contribution in [-0.2, 0) is 10.3 Å². The van der Waals surface area contributed by atoms with E-state index in [-0.39, 0.29) is 0 Å². The highest BCUT2D eigenvalue weighted by molar-refractivity contribution is 6.31. The molecule has 0 spiro atoms. The Morgan fingerprint density at radius 3 is 2.45 bits per heavy atom. The number of hydrogen-bond donors (Lipinski definition) is 1. The molecule has 0 amide bonds. The van der Waals surface area contributed by atoms with Gasteiger partial charge < -0.3 is 14.3 Å². The van der Waals surface area contributed by atoms with Crippen LogP contribution in [0.4, 0.5) is 0 Å². The highest BCUT2D eigenvalue weighted by atomic mass is 35.5. The Kier molecular flexibility index (Phi) is 2.79. The van der Waals surface area contributed by atoms with Gasteiger partial charge in [-0.05, 0) is 52.0 Å². The summed E-state index contributed by atoms with van der Waals surface area (Å²) in [6.07, 6.45) is 0.487. The first kappa shape index (κ1) is 13.9. The molecule has 1 aromatic carbocycles. The molecule has 1 unspecified atom stereocenters. The second-order valence-corrected chi connectivity index (χ2v) is 7.14. The molecule has 0 aliphatic carbocycles. The van der Waals surface area contributed by atoms with E-state index in [1.807, 2.05) is 45.9 Å². The van der Waals surface area contributed by atoms with Crippen molar-refractivity contribution in [3.63, 3.8) is 0 Å². The number of rotatable bonds is 1. The first-order chi connectivity index (χ1) is 9.13. The summed E-state index contributed by atoms with van der Waals surface area (Å²) in [6.45, 7) is 7.74. The van der Waals surface area contributed by atoms with Crippen LogP contribution in [0.2, 0.25) is 5.02 Å². The fourth-order valence-corrected chi connectivity index (χ4v) is 3.42. The van der Waals surface area contributed by atoms with E-state index in [2.05, 4.69) is 0 Å². The Labute approximate surface area is 123 Å². The zero-order chi connectivity index (χ0) is 14.8. The van der Waals surface area contributed by atoms with Crippen molar-refractivity contribution in [3.05, 3.63) is 35.0 Å². The third-order valence-electron chi connectivity index (χ3n) is 4.09. The number of furan rings is 1. The van der Waals surface area contributed by atoms with Gasteiger partial charge in [-0.15, -0.1) is 0 Å². The van der Waals surface area contributed by atoms with Gasteiger partial charge in [0.05, 0.1) is 11.2 Å². The molecule has 2 heterocycles. The predicted molar refractivity (Wildman–Crippen MR) is 79.0 cm³/mol. The minimum absolute atomic E-state index is 0.394. The molecule has 0 bridgehead atoms. The van der Waals surface area contributed by atoms with Crippen LogP contribution in [0.5, 0.6) is 0 Å².